The molecule has 0 saturated carbocycles. The summed E-state index contributed by atoms with van der Waals surface area (Å²) in [6.45, 7) is 3.80. The third-order valence-corrected chi connectivity index (χ3v) is 2.25. The van der Waals surface area contributed by atoms with Gasteiger partial charge in [0.1, 0.15) is 0 Å². The van der Waals surface area contributed by atoms with Crippen LogP contribution in [0.4, 0.5) is 0 Å². The lowest BCUT2D eigenvalue weighted by molar-refractivity contribution is -0.109. The standard InChI is InChI=1S/C10H22N2O/c1-10(8-11)6-4-2-3-5-7-12-9-13/h9-10H,2-8,11H2,1H3,(H,12,13). The summed E-state index contributed by atoms with van der Waals surface area (Å²) in [4.78, 5) is 9.90. The lowest BCUT2D eigenvalue weighted by Crippen LogP contribution is -2.12. The van der Waals surface area contributed by atoms with E-state index in [0.717, 1.165) is 25.9 Å². The fourth-order valence-electron chi connectivity index (χ4n) is 1.25. The van der Waals surface area contributed by atoms with Crippen LogP contribution < -0.4 is 11.1 Å². The smallest absolute Gasteiger partial charge is 0.207 e. The van der Waals surface area contributed by atoms with Gasteiger partial charge in [-0.3, -0.25) is 4.79 Å². The topological polar surface area (TPSA) is 55.1 Å². The van der Waals surface area contributed by atoms with Crippen molar-refractivity contribution >= 4 is 6.41 Å². The predicted molar refractivity (Wildman–Crippen MR) is 55.4 cm³/mol. The molecule has 0 bridgehead atoms. The monoisotopic (exact) mass is 186 g/mol. The zero-order valence-electron chi connectivity index (χ0n) is 8.59. The van der Waals surface area contributed by atoms with E-state index >= 15 is 0 Å². The molecule has 0 fully saturated rings. The van der Waals surface area contributed by atoms with E-state index in [-0.39, 0.29) is 0 Å². The van der Waals surface area contributed by atoms with Gasteiger partial charge in [-0.15, -0.1) is 0 Å². The van der Waals surface area contributed by atoms with E-state index in [1.54, 1.807) is 0 Å². The maximum atomic E-state index is 9.90. The fraction of sp³-hybridized carbons (Fsp3) is 0.900. The molecule has 0 aromatic carbocycles. The second kappa shape index (κ2) is 9.52. The minimum absolute atomic E-state index is 0.660. The van der Waals surface area contributed by atoms with Crippen LogP contribution in [-0.2, 0) is 4.79 Å². The molecule has 3 nitrogen and oxygen atoms in total. The molecular weight excluding hydrogens is 164 g/mol. The van der Waals surface area contributed by atoms with Gasteiger partial charge < -0.3 is 11.1 Å². The van der Waals surface area contributed by atoms with E-state index in [2.05, 4.69) is 12.2 Å². The van der Waals surface area contributed by atoms with E-state index in [4.69, 9.17) is 5.73 Å². The molecule has 3 heteroatoms. The first-order chi connectivity index (χ1) is 6.31. The number of unbranched alkanes of at least 4 members (excludes halogenated alkanes) is 3. The van der Waals surface area contributed by atoms with E-state index < -0.39 is 0 Å². The lowest BCUT2D eigenvalue weighted by Gasteiger charge is -2.07. The van der Waals surface area contributed by atoms with Gasteiger partial charge in [0, 0.05) is 6.54 Å². The number of carbonyl (C=O) groups is 1. The number of amides is 1. The molecular formula is C10H22N2O. The van der Waals surface area contributed by atoms with E-state index in [1.807, 2.05) is 0 Å². The van der Waals surface area contributed by atoms with Gasteiger partial charge in [-0.1, -0.05) is 26.2 Å². The van der Waals surface area contributed by atoms with E-state index in [1.165, 1.54) is 25.7 Å². The molecule has 78 valence electrons. The SMILES string of the molecule is CC(CN)CCCCCCNC=O. The first kappa shape index (κ1) is 12.4. The van der Waals surface area contributed by atoms with Crippen molar-refractivity contribution in [1.29, 1.82) is 0 Å². The summed E-state index contributed by atoms with van der Waals surface area (Å²) in [5.74, 6) is 0.660. The summed E-state index contributed by atoms with van der Waals surface area (Å²) in [5, 5.41) is 2.66. The van der Waals surface area contributed by atoms with Crippen LogP contribution in [0, 0.1) is 5.92 Å². The van der Waals surface area contributed by atoms with Crippen molar-refractivity contribution < 1.29 is 4.79 Å². The molecule has 0 aliphatic carbocycles. The molecule has 0 radical (unpaired) electrons. The third-order valence-electron chi connectivity index (χ3n) is 2.25. The highest BCUT2D eigenvalue weighted by Gasteiger charge is 1.97. The van der Waals surface area contributed by atoms with Gasteiger partial charge >= 0.3 is 0 Å². The summed E-state index contributed by atoms with van der Waals surface area (Å²) < 4.78 is 0. The van der Waals surface area contributed by atoms with Crippen LogP contribution in [0.1, 0.15) is 39.0 Å². The van der Waals surface area contributed by atoms with Crippen LogP contribution in [0.5, 0.6) is 0 Å². The summed E-state index contributed by atoms with van der Waals surface area (Å²) in [7, 11) is 0. The number of carbonyl (C=O) groups excluding carboxylic acids is 1. The largest absolute Gasteiger partial charge is 0.359 e. The highest BCUT2D eigenvalue weighted by molar-refractivity contribution is 5.45. The van der Waals surface area contributed by atoms with Crippen LogP contribution in [-0.4, -0.2) is 19.5 Å². The molecule has 0 saturated heterocycles. The molecule has 0 aromatic rings. The molecule has 1 amide bonds. The number of nitrogens with two attached hydrogens (primary N) is 1. The lowest BCUT2D eigenvalue weighted by atomic mass is 10.0. The number of rotatable bonds is 9. The number of hydrogen-bond acceptors (Lipinski definition) is 2. The molecule has 0 heterocycles. The molecule has 0 spiro atoms. The second-order valence-corrected chi connectivity index (χ2v) is 3.62. The number of nitrogens with one attached hydrogen (secondary N) is 1. The Labute approximate surface area is 81.1 Å². The molecule has 0 aliphatic rings. The first-order valence-corrected chi connectivity index (χ1v) is 5.18. The van der Waals surface area contributed by atoms with Crippen molar-refractivity contribution in [2.75, 3.05) is 13.1 Å². The maximum absolute atomic E-state index is 9.90. The molecule has 1 unspecified atom stereocenters. The quantitative estimate of drug-likeness (QED) is 0.421. The van der Waals surface area contributed by atoms with Gasteiger partial charge in [0.25, 0.3) is 0 Å². The van der Waals surface area contributed by atoms with E-state index in [0.29, 0.717) is 5.92 Å². The minimum atomic E-state index is 0.660. The predicted octanol–water partition coefficient (Wildman–Crippen LogP) is 1.28. The fourth-order valence-corrected chi connectivity index (χ4v) is 1.25. The average molecular weight is 186 g/mol. The summed E-state index contributed by atoms with van der Waals surface area (Å²) in [5.41, 5.74) is 5.50. The van der Waals surface area contributed by atoms with Gasteiger partial charge in [0.2, 0.25) is 6.41 Å². The van der Waals surface area contributed by atoms with Gasteiger partial charge in [-0.2, -0.15) is 0 Å². The molecule has 0 aliphatic heterocycles. The Kier molecular flexibility index (Phi) is 9.10. The van der Waals surface area contributed by atoms with Crippen LogP contribution in [0.25, 0.3) is 0 Å². The van der Waals surface area contributed by atoms with Crippen molar-refractivity contribution in [2.24, 2.45) is 11.7 Å². The third kappa shape index (κ3) is 9.34. The minimum Gasteiger partial charge on any atom is -0.359 e. The van der Waals surface area contributed by atoms with Crippen molar-refractivity contribution in [2.45, 2.75) is 39.0 Å². The van der Waals surface area contributed by atoms with Crippen molar-refractivity contribution in [1.82, 2.24) is 5.32 Å². The zero-order valence-corrected chi connectivity index (χ0v) is 8.59. The van der Waals surface area contributed by atoms with Crippen LogP contribution in [0.2, 0.25) is 0 Å². The van der Waals surface area contributed by atoms with Gasteiger partial charge in [-0.05, 0) is 25.3 Å². The Hall–Kier alpha value is -0.570. The molecule has 3 N–H and O–H groups in total. The van der Waals surface area contributed by atoms with Crippen molar-refractivity contribution in [3.8, 4) is 0 Å². The van der Waals surface area contributed by atoms with Crippen molar-refractivity contribution in [3.05, 3.63) is 0 Å². The number of hydrogen-bond donors (Lipinski definition) is 2. The Morgan fingerprint density at radius 2 is 2.00 bits per heavy atom. The average Bonchev–Trinajstić information content (AvgIpc) is 2.16. The molecule has 0 aromatic heterocycles. The normalized spacial score (nSPS) is 12.5. The van der Waals surface area contributed by atoms with Crippen LogP contribution in [0.15, 0.2) is 0 Å². The zero-order chi connectivity index (χ0) is 9.94. The van der Waals surface area contributed by atoms with E-state index in [9.17, 15) is 4.79 Å². The highest BCUT2D eigenvalue weighted by Crippen LogP contribution is 2.08. The Morgan fingerprint density at radius 3 is 2.62 bits per heavy atom. The highest BCUT2D eigenvalue weighted by atomic mass is 16.1. The summed E-state index contributed by atoms with van der Waals surface area (Å²) in [6, 6.07) is 0. The van der Waals surface area contributed by atoms with Crippen LogP contribution in [0.3, 0.4) is 0 Å². The molecule has 0 rings (SSSR count). The first-order valence-electron chi connectivity index (χ1n) is 5.18. The Morgan fingerprint density at radius 1 is 1.31 bits per heavy atom. The maximum Gasteiger partial charge on any atom is 0.207 e. The van der Waals surface area contributed by atoms with Gasteiger partial charge in [0.05, 0.1) is 0 Å². The Bertz CT molecular complexity index is 117. The second-order valence-electron chi connectivity index (χ2n) is 3.62. The van der Waals surface area contributed by atoms with Crippen molar-refractivity contribution in [3.63, 3.8) is 0 Å². The summed E-state index contributed by atoms with van der Waals surface area (Å²) >= 11 is 0. The summed E-state index contributed by atoms with van der Waals surface area (Å²) in [6.07, 6.45) is 6.81. The van der Waals surface area contributed by atoms with Gasteiger partial charge in [0.15, 0.2) is 0 Å². The van der Waals surface area contributed by atoms with Gasteiger partial charge in [-0.25, -0.2) is 0 Å². The molecule has 13 heavy (non-hydrogen) atoms. The van der Waals surface area contributed by atoms with Crippen LogP contribution >= 0.6 is 0 Å². The Balaban J connectivity index is 2.95. The molecule has 1 atom stereocenters.